The summed E-state index contributed by atoms with van der Waals surface area (Å²) in [6.45, 7) is 3.27. The molecule has 1 saturated heterocycles. The zero-order valence-electron chi connectivity index (χ0n) is 17.0. The van der Waals surface area contributed by atoms with Gasteiger partial charge in [0.1, 0.15) is 17.8 Å². The van der Waals surface area contributed by atoms with Gasteiger partial charge in [-0.05, 0) is 54.7 Å². The SMILES string of the molecule is CNc1ccc(NC(=S)N2CCN(c3ncnc4[nH]c5ccc(Cl)cc5c34)CC2)cc1. The summed E-state index contributed by atoms with van der Waals surface area (Å²) in [5.41, 5.74) is 3.89. The Kier molecular flexibility index (Phi) is 5.25. The van der Waals surface area contributed by atoms with Crippen molar-refractivity contribution in [3.05, 3.63) is 53.8 Å². The molecule has 0 amide bonds. The van der Waals surface area contributed by atoms with Gasteiger partial charge in [0.25, 0.3) is 0 Å². The highest BCUT2D eigenvalue weighted by atomic mass is 35.5. The first-order chi connectivity index (χ1) is 15.1. The first kappa shape index (κ1) is 19.8. The highest BCUT2D eigenvalue weighted by Crippen LogP contribution is 2.33. The third-order valence-corrected chi connectivity index (χ3v) is 6.22. The number of aromatic nitrogens is 3. The van der Waals surface area contributed by atoms with Crippen LogP contribution in [0, 0.1) is 0 Å². The molecule has 0 spiro atoms. The molecular weight excluding hydrogens is 430 g/mol. The number of H-pyrrole nitrogens is 1. The minimum absolute atomic E-state index is 0.701. The fourth-order valence-corrected chi connectivity index (χ4v) is 4.44. The van der Waals surface area contributed by atoms with Crippen molar-refractivity contribution < 1.29 is 0 Å². The molecule has 7 nitrogen and oxygen atoms in total. The molecule has 31 heavy (non-hydrogen) atoms. The summed E-state index contributed by atoms with van der Waals surface area (Å²) in [4.78, 5) is 16.9. The van der Waals surface area contributed by atoms with Gasteiger partial charge in [-0.2, -0.15) is 0 Å². The van der Waals surface area contributed by atoms with Crippen LogP contribution in [0.25, 0.3) is 21.9 Å². The molecule has 3 heterocycles. The zero-order valence-corrected chi connectivity index (χ0v) is 18.6. The molecule has 2 aromatic carbocycles. The van der Waals surface area contributed by atoms with E-state index in [9.17, 15) is 0 Å². The number of anilines is 3. The molecule has 3 N–H and O–H groups in total. The number of piperazine rings is 1. The van der Waals surface area contributed by atoms with E-state index >= 15 is 0 Å². The van der Waals surface area contributed by atoms with Crippen molar-refractivity contribution in [1.82, 2.24) is 19.9 Å². The van der Waals surface area contributed by atoms with Crippen LogP contribution in [0.3, 0.4) is 0 Å². The summed E-state index contributed by atoms with van der Waals surface area (Å²) >= 11 is 11.9. The van der Waals surface area contributed by atoms with Gasteiger partial charge in [0.15, 0.2) is 5.11 Å². The number of benzene rings is 2. The Labute approximate surface area is 190 Å². The van der Waals surface area contributed by atoms with Crippen LogP contribution in [0.4, 0.5) is 17.2 Å². The van der Waals surface area contributed by atoms with Crippen molar-refractivity contribution in [2.45, 2.75) is 0 Å². The van der Waals surface area contributed by atoms with Crippen molar-refractivity contribution in [2.75, 3.05) is 48.8 Å². The molecule has 1 aliphatic rings. The average Bonchev–Trinajstić information content (AvgIpc) is 3.17. The third-order valence-electron chi connectivity index (χ3n) is 5.62. The lowest BCUT2D eigenvalue weighted by atomic mass is 10.2. The first-order valence-electron chi connectivity index (χ1n) is 10.1. The van der Waals surface area contributed by atoms with Crippen LogP contribution >= 0.6 is 23.8 Å². The first-order valence-corrected chi connectivity index (χ1v) is 10.9. The van der Waals surface area contributed by atoms with Gasteiger partial charge in [0.2, 0.25) is 0 Å². The summed E-state index contributed by atoms with van der Waals surface area (Å²) in [6, 6.07) is 13.9. The average molecular weight is 452 g/mol. The van der Waals surface area contributed by atoms with E-state index in [4.69, 9.17) is 23.8 Å². The van der Waals surface area contributed by atoms with E-state index in [1.807, 2.05) is 49.5 Å². The largest absolute Gasteiger partial charge is 0.388 e. The summed E-state index contributed by atoms with van der Waals surface area (Å²) < 4.78 is 0. The molecule has 0 saturated carbocycles. The third kappa shape index (κ3) is 3.84. The Morgan fingerprint density at radius 3 is 2.52 bits per heavy atom. The summed E-state index contributed by atoms with van der Waals surface area (Å²) in [6.07, 6.45) is 1.61. The predicted molar refractivity (Wildman–Crippen MR) is 132 cm³/mol. The number of rotatable bonds is 3. The number of aromatic amines is 1. The Morgan fingerprint density at radius 1 is 1.03 bits per heavy atom. The highest BCUT2D eigenvalue weighted by molar-refractivity contribution is 7.80. The minimum atomic E-state index is 0.701. The Morgan fingerprint density at radius 2 is 1.77 bits per heavy atom. The second-order valence-electron chi connectivity index (χ2n) is 7.47. The number of nitrogens with one attached hydrogen (secondary N) is 3. The van der Waals surface area contributed by atoms with Gasteiger partial charge in [0.05, 0.1) is 5.39 Å². The van der Waals surface area contributed by atoms with Gasteiger partial charge in [0, 0.05) is 60.5 Å². The zero-order chi connectivity index (χ0) is 21.4. The number of halogens is 1. The molecule has 0 unspecified atom stereocenters. The van der Waals surface area contributed by atoms with Crippen molar-refractivity contribution >= 4 is 68.1 Å². The molecule has 5 rings (SSSR count). The van der Waals surface area contributed by atoms with Crippen molar-refractivity contribution in [2.24, 2.45) is 0 Å². The molecule has 2 aromatic heterocycles. The Hall–Kier alpha value is -3.10. The van der Waals surface area contributed by atoms with Crippen LogP contribution in [0.15, 0.2) is 48.8 Å². The van der Waals surface area contributed by atoms with E-state index in [1.54, 1.807) is 6.33 Å². The highest BCUT2D eigenvalue weighted by Gasteiger charge is 2.23. The minimum Gasteiger partial charge on any atom is -0.388 e. The normalized spacial score (nSPS) is 14.3. The molecule has 0 atom stereocenters. The lowest BCUT2D eigenvalue weighted by Gasteiger charge is -2.37. The fourth-order valence-electron chi connectivity index (χ4n) is 3.96. The topological polar surface area (TPSA) is 72.1 Å². The van der Waals surface area contributed by atoms with Gasteiger partial charge < -0.3 is 25.4 Å². The monoisotopic (exact) mass is 451 g/mol. The predicted octanol–water partition coefficient (Wildman–Crippen LogP) is 4.33. The number of fused-ring (bicyclic) bond motifs is 3. The van der Waals surface area contributed by atoms with E-state index in [-0.39, 0.29) is 0 Å². The number of hydrogen-bond acceptors (Lipinski definition) is 5. The molecule has 0 aliphatic carbocycles. The van der Waals surface area contributed by atoms with E-state index in [0.717, 1.165) is 70.4 Å². The lowest BCUT2D eigenvalue weighted by Crippen LogP contribution is -2.50. The van der Waals surface area contributed by atoms with Gasteiger partial charge >= 0.3 is 0 Å². The summed E-state index contributed by atoms with van der Waals surface area (Å²) in [5.74, 6) is 0.930. The van der Waals surface area contributed by atoms with Crippen LogP contribution < -0.4 is 15.5 Å². The molecule has 4 aromatic rings. The van der Waals surface area contributed by atoms with E-state index in [1.165, 1.54) is 0 Å². The second kappa shape index (κ2) is 8.20. The van der Waals surface area contributed by atoms with E-state index < -0.39 is 0 Å². The molecule has 1 fully saturated rings. The molecule has 0 radical (unpaired) electrons. The fraction of sp³-hybridized carbons (Fsp3) is 0.227. The summed E-state index contributed by atoms with van der Waals surface area (Å²) in [5, 5.41) is 9.96. The smallest absolute Gasteiger partial charge is 0.173 e. The maximum absolute atomic E-state index is 6.25. The van der Waals surface area contributed by atoms with Crippen LogP contribution in [-0.4, -0.2) is 58.2 Å². The Bertz CT molecular complexity index is 1250. The molecule has 1 aliphatic heterocycles. The number of hydrogen-bond donors (Lipinski definition) is 3. The van der Waals surface area contributed by atoms with Gasteiger partial charge in [-0.15, -0.1) is 0 Å². The molecular formula is C22H22ClN7S. The van der Waals surface area contributed by atoms with Gasteiger partial charge in [-0.3, -0.25) is 0 Å². The number of thiocarbonyl (C=S) groups is 1. The molecule has 9 heteroatoms. The second-order valence-corrected chi connectivity index (χ2v) is 8.29. The van der Waals surface area contributed by atoms with Gasteiger partial charge in [-0.1, -0.05) is 11.6 Å². The summed E-state index contributed by atoms with van der Waals surface area (Å²) in [7, 11) is 1.91. The molecule has 0 bridgehead atoms. The maximum Gasteiger partial charge on any atom is 0.173 e. The van der Waals surface area contributed by atoms with Crippen LogP contribution in [0.5, 0.6) is 0 Å². The van der Waals surface area contributed by atoms with Crippen molar-refractivity contribution in [3.63, 3.8) is 0 Å². The van der Waals surface area contributed by atoms with Gasteiger partial charge in [-0.25, -0.2) is 9.97 Å². The van der Waals surface area contributed by atoms with Crippen molar-refractivity contribution in [3.8, 4) is 0 Å². The maximum atomic E-state index is 6.25. The van der Waals surface area contributed by atoms with Crippen LogP contribution in [0.1, 0.15) is 0 Å². The molecule has 158 valence electrons. The number of nitrogens with zero attached hydrogens (tertiary/aromatic N) is 4. The quantitative estimate of drug-likeness (QED) is 0.400. The standard InChI is InChI=1S/C22H22ClN7S/c1-24-15-3-5-16(6-4-15)27-22(31)30-10-8-29(9-11-30)21-19-17-12-14(23)2-7-18(17)28-20(19)25-13-26-21/h2-7,12-13,24H,8-11H2,1H3,(H,27,31)(H,25,26,28). The van der Waals surface area contributed by atoms with E-state index in [0.29, 0.717) is 5.02 Å². The van der Waals surface area contributed by atoms with E-state index in [2.05, 4.69) is 35.4 Å². The van der Waals surface area contributed by atoms with Crippen molar-refractivity contribution in [1.29, 1.82) is 0 Å². The lowest BCUT2D eigenvalue weighted by molar-refractivity contribution is 0.390. The van der Waals surface area contributed by atoms with Crippen LogP contribution in [-0.2, 0) is 0 Å². The van der Waals surface area contributed by atoms with Crippen LogP contribution in [0.2, 0.25) is 5.02 Å². The Balaban J connectivity index is 1.32.